The Hall–Kier alpha value is -2.28. The van der Waals surface area contributed by atoms with Crippen LogP contribution >= 0.6 is 0 Å². The number of carbonyl (C=O) groups is 2. The van der Waals surface area contributed by atoms with Crippen LogP contribution in [0.4, 0.5) is 0 Å². The highest BCUT2D eigenvalue weighted by atomic mass is 16.5. The Morgan fingerprint density at radius 3 is 2.41 bits per heavy atom. The first-order valence-electron chi connectivity index (χ1n) is 5.11. The molecule has 0 amide bonds. The fourth-order valence-electron chi connectivity index (χ4n) is 1.19. The van der Waals surface area contributed by atoms with Crippen molar-refractivity contribution in [3.05, 3.63) is 29.8 Å². The Kier molecular flexibility index (Phi) is 4.77. The van der Waals surface area contributed by atoms with Crippen LogP contribution in [0.2, 0.25) is 0 Å². The summed E-state index contributed by atoms with van der Waals surface area (Å²) in [6.07, 6.45) is 5.51. The third kappa shape index (κ3) is 4.85. The first kappa shape index (κ1) is 12.8. The van der Waals surface area contributed by atoms with Crippen LogP contribution in [0.15, 0.2) is 24.3 Å². The highest BCUT2D eigenvalue weighted by Gasteiger charge is 2.06. The molecule has 0 aliphatic heterocycles. The first-order valence-corrected chi connectivity index (χ1v) is 5.11. The molecule has 4 heteroatoms. The van der Waals surface area contributed by atoms with Gasteiger partial charge in [0.1, 0.15) is 5.75 Å². The molecule has 0 bridgehead atoms. The second-order valence-corrected chi connectivity index (χ2v) is 3.39. The zero-order chi connectivity index (χ0) is 12.7. The highest BCUT2D eigenvalue weighted by Crippen LogP contribution is 2.12. The van der Waals surface area contributed by atoms with Crippen molar-refractivity contribution < 1.29 is 19.4 Å². The van der Waals surface area contributed by atoms with Crippen LogP contribution < -0.4 is 4.74 Å². The molecule has 1 N–H and O–H groups in total. The summed E-state index contributed by atoms with van der Waals surface area (Å²) < 4.78 is 5.00. The van der Waals surface area contributed by atoms with Gasteiger partial charge in [-0.15, -0.1) is 6.42 Å². The third-order valence-corrected chi connectivity index (χ3v) is 2.02. The molecule has 0 aliphatic carbocycles. The van der Waals surface area contributed by atoms with Crippen LogP contribution in [0, 0.1) is 12.3 Å². The van der Waals surface area contributed by atoms with E-state index in [1.54, 1.807) is 24.3 Å². The van der Waals surface area contributed by atoms with Crippen molar-refractivity contribution in [1.82, 2.24) is 0 Å². The van der Waals surface area contributed by atoms with Gasteiger partial charge in [-0.25, -0.2) is 0 Å². The van der Waals surface area contributed by atoms with Gasteiger partial charge in [-0.3, -0.25) is 9.59 Å². The fourth-order valence-corrected chi connectivity index (χ4v) is 1.19. The predicted octanol–water partition coefficient (Wildman–Crippen LogP) is 1.83. The summed E-state index contributed by atoms with van der Waals surface area (Å²) in [7, 11) is 0. The number of hydrogen-bond acceptors (Lipinski definition) is 3. The third-order valence-electron chi connectivity index (χ3n) is 2.02. The fraction of sp³-hybridized carbons (Fsp3) is 0.231. The molecule has 0 spiro atoms. The summed E-state index contributed by atoms with van der Waals surface area (Å²) in [5, 5.41) is 8.40. The average Bonchev–Trinajstić information content (AvgIpc) is 2.29. The molecule has 88 valence electrons. The smallest absolute Gasteiger partial charge is 0.311 e. The minimum Gasteiger partial charge on any atom is -0.481 e. The molecule has 0 heterocycles. The molecule has 0 saturated carbocycles. The summed E-state index contributed by atoms with van der Waals surface area (Å²) in [6, 6.07) is 6.54. The number of benzene rings is 1. The van der Waals surface area contributed by atoms with Gasteiger partial charge in [0, 0.05) is 18.4 Å². The molecule has 0 fully saturated rings. The van der Waals surface area contributed by atoms with Crippen LogP contribution in [-0.4, -0.2) is 17.0 Å². The van der Waals surface area contributed by atoms with Crippen LogP contribution in [0.1, 0.15) is 24.8 Å². The van der Waals surface area contributed by atoms with Gasteiger partial charge in [-0.2, -0.15) is 0 Å². The Morgan fingerprint density at radius 2 is 1.88 bits per heavy atom. The Morgan fingerprint density at radius 1 is 1.24 bits per heavy atom. The molecule has 4 nitrogen and oxygen atoms in total. The number of carboxylic acid groups (broad SMARTS) is 1. The molecule has 0 unspecified atom stereocenters. The van der Waals surface area contributed by atoms with E-state index in [1.807, 2.05) is 0 Å². The van der Waals surface area contributed by atoms with Gasteiger partial charge in [0.2, 0.25) is 0 Å². The van der Waals surface area contributed by atoms with E-state index < -0.39 is 11.9 Å². The van der Waals surface area contributed by atoms with Crippen molar-refractivity contribution >= 4 is 11.9 Å². The lowest BCUT2D eigenvalue weighted by atomic mass is 10.2. The molecular formula is C13H12O4. The van der Waals surface area contributed by atoms with E-state index in [2.05, 4.69) is 5.92 Å². The summed E-state index contributed by atoms with van der Waals surface area (Å²) >= 11 is 0. The molecule has 0 radical (unpaired) electrons. The normalized spacial score (nSPS) is 9.35. The zero-order valence-electron chi connectivity index (χ0n) is 9.18. The lowest BCUT2D eigenvalue weighted by molar-refractivity contribution is -0.137. The van der Waals surface area contributed by atoms with E-state index in [0.29, 0.717) is 11.3 Å². The lowest BCUT2D eigenvalue weighted by Gasteiger charge is -2.03. The monoisotopic (exact) mass is 232 g/mol. The van der Waals surface area contributed by atoms with Crippen molar-refractivity contribution in [2.45, 2.75) is 19.3 Å². The predicted molar refractivity (Wildman–Crippen MR) is 61.5 cm³/mol. The largest absolute Gasteiger partial charge is 0.481 e. The van der Waals surface area contributed by atoms with Gasteiger partial charge >= 0.3 is 11.9 Å². The van der Waals surface area contributed by atoms with Gasteiger partial charge in [0.15, 0.2) is 0 Å². The van der Waals surface area contributed by atoms with Crippen molar-refractivity contribution in [3.63, 3.8) is 0 Å². The maximum atomic E-state index is 11.3. The van der Waals surface area contributed by atoms with Crippen LogP contribution in [0.5, 0.6) is 5.75 Å². The lowest BCUT2D eigenvalue weighted by Crippen LogP contribution is -2.08. The van der Waals surface area contributed by atoms with Crippen LogP contribution in [0.3, 0.4) is 0 Å². The Balaban J connectivity index is 2.40. The van der Waals surface area contributed by atoms with E-state index >= 15 is 0 Å². The minimum absolute atomic E-state index is 0.0366. The summed E-state index contributed by atoms with van der Waals surface area (Å²) in [6.45, 7) is 0. The maximum absolute atomic E-state index is 11.3. The molecule has 17 heavy (non-hydrogen) atoms. The first-order chi connectivity index (χ1) is 8.11. The van der Waals surface area contributed by atoms with Crippen LogP contribution in [0.25, 0.3) is 0 Å². The molecule has 1 aromatic carbocycles. The van der Waals surface area contributed by atoms with Gasteiger partial charge in [-0.05, 0) is 30.7 Å². The number of rotatable bonds is 5. The number of hydrogen-bond donors (Lipinski definition) is 1. The topological polar surface area (TPSA) is 63.6 Å². The van der Waals surface area contributed by atoms with E-state index in [1.165, 1.54) is 0 Å². The number of aliphatic carboxylic acids is 1. The van der Waals surface area contributed by atoms with Gasteiger partial charge in [0.25, 0.3) is 0 Å². The zero-order valence-corrected chi connectivity index (χ0v) is 9.18. The van der Waals surface area contributed by atoms with Gasteiger partial charge < -0.3 is 9.84 Å². The molecule has 0 saturated heterocycles. The molecule has 0 aliphatic rings. The Bertz CT molecular complexity index is 439. The van der Waals surface area contributed by atoms with Gasteiger partial charge in [-0.1, -0.05) is 5.92 Å². The number of carboxylic acids is 1. The average molecular weight is 232 g/mol. The standard InChI is InChI=1S/C13H12O4/c1-2-10-6-8-11(9-7-10)17-13(16)5-3-4-12(14)15/h1,6-9H,3-5H2,(H,14,15). The second kappa shape index (κ2) is 6.33. The molecule has 0 atom stereocenters. The number of terminal acetylenes is 1. The summed E-state index contributed by atoms with van der Waals surface area (Å²) in [5.41, 5.74) is 0.704. The van der Waals surface area contributed by atoms with E-state index in [-0.39, 0.29) is 19.3 Å². The van der Waals surface area contributed by atoms with Crippen molar-refractivity contribution in [2.75, 3.05) is 0 Å². The van der Waals surface area contributed by atoms with Crippen molar-refractivity contribution in [1.29, 1.82) is 0 Å². The van der Waals surface area contributed by atoms with Crippen LogP contribution in [-0.2, 0) is 9.59 Å². The van der Waals surface area contributed by atoms with E-state index in [4.69, 9.17) is 16.3 Å². The number of ether oxygens (including phenoxy) is 1. The highest BCUT2D eigenvalue weighted by molar-refractivity contribution is 5.73. The van der Waals surface area contributed by atoms with E-state index in [0.717, 1.165) is 0 Å². The summed E-state index contributed by atoms with van der Waals surface area (Å²) in [5.74, 6) is 1.49. The Labute approximate surface area is 99.2 Å². The quantitative estimate of drug-likeness (QED) is 0.478. The SMILES string of the molecule is C#Cc1ccc(OC(=O)CCCC(=O)O)cc1. The number of carbonyl (C=O) groups excluding carboxylic acids is 1. The molecular weight excluding hydrogens is 220 g/mol. The summed E-state index contributed by atoms with van der Waals surface area (Å²) in [4.78, 5) is 21.5. The second-order valence-electron chi connectivity index (χ2n) is 3.39. The van der Waals surface area contributed by atoms with E-state index in [9.17, 15) is 9.59 Å². The van der Waals surface area contributed by atoms with Crippen molar-refractivity contribution in [2.24, 2.45) is 0 Å². The maximum Gasteiger partial charge on any atom is 0.311 e. The number of esters is 1. The molecule has 1 aromatic rings. The molecule has 0 aromatic heterocycles. The van der Waals surface area contributed by atoms with Gasteiger partial charge in [0.05, 0.1) is 0 Å². The minimum atomic E-state index is -0.920. The van der Waals surface area contributed by atoms with Crippen molar-refractivity contribution in [3.8, 4) is 18.1 Å². The molecule has 1 rings (SSSR count).